The van der Waals surface area contributed by atoms with E-state index in [1.54, 1.807) is 14.2 Å². The predicted octanol–water partition coefficient (Wildman–Crippen LogP) is 6.81. The van der Waals surface area contributed by atoms with Gasteiger partial charge in [-0.15, -0.1) is 0 Å². The van der Waals surface area contributed by atoms with E-state index in [2.05, 4.69) is 64.9 Å². The molecule has 0 radical (unpaired) electrons. The van der Waals surface area contributed by atoms with Crippen molar-refractivity contribution in [3.63, 3.8) is 0 Å². The van der Waals surface area contributed by atoms with E-state index in [0.29, 0.717) is 0 Å². The third-order valence-corrected chi connectivity index (χ3v) is 6.98. The van der Waals surface area contributed by atoms with Gasteiger partial charge in [-0.05, 0) is 41.8 Å². The van der Waals surface area contributed by atoms with Crippen molar-refractivity contribution in [1.82, 2.24) is 14.5 Å². The normalized spacial score (nSPS) is 12.4. The molecule has 5 rings (SSSR count). The van der Waals surface area contributed by atoms with Crippen LogP contribution in [0.25, 0.3) is 17.5 Å². The van der Waals surface area contributed by atoms with Crippen LogP contribution in [-0.4, -0.2) is 42.0 Å². The largest absolute Gasteiger partial charge is 0.497 e. The summed E-state index contributed by atoms with van der Waals surface area (Å²) in [5, 5.41) is 0. The van der Waals surface area contributed by atoms with Gasteiger partial charge in [0.1, 0.15) is 17.3 Å². The van der Waals surface area contributed by atoms with Gasteiger partial charge in [-0.3, -0.25) is 4.90 Å². The molecule has 0 amide bonds. The molecule has 1 aromatic heterocycles. The molecule has 1 aliphatic rings. The van der Waals surface area contributed by atoms with E-state index in [4.69, 9.17) is 23.9 Å². The molecule has 3 aromatic carbocycles. The molecule has 1 aliphatic heterocycles. The van der Waals surface area contributed by atoms with Crippen molar-refractivity contribution in [3.05, 3.63) is 95.8 Å². The summed E-state index contributed by atoms with van der Waals surface area (Å²) in [7, 11) is 3.33. The van der Waals surface area contributed by atoms with Gasteiger partial charge in [0.2, 0.25) is 6.79 Å². The first kappa shape index (κ1) is 27.3. The fraction of sp³-hybridized carbons (Fsp3) is 0.303. The summed E-state index contributed by atoms with van der Waals surface area (Å²) in [5.41, 5.74) is 4.53. The zero-order valence-electron chi connectivity index (χ0n) is 23.5. The monoisotopic (exact) mass is 539 g/mol. The zero-order valence-corrected chi connectivity index (χ0v) is 23.5. The Balaban J connectivity index is 1.41. The highest BCUT2D eigenvalue weighted by Gasteiger charge is 2.17. The smallest absolute Gasteiger partial charge is 0.231 e. The van der Waals surface area contributed by atoms with E-state index in [-0.39, 0.29) is 6.79 Å². The molecule has 0 N–H and O–H groups in total. The lowest BCUT2D eigenvalue weighted by atomic mass is 10.1. The van der Waals surface area contributed by atoms with Gasteiger partial charge in [0.05, 0.1) is 26.1 Å². The number of ether oxygens (including phenoxy) is 4. The lowest BCUT2D eigenvalue weighted by molar-refractivity contribution is 0.174. The van der Waals surface area contributed by atoms with E-state index in [0.717, 1.165) is 79.0 Å². The van der Waals surface area contributed by atoms with Crippen LogP contribution < -0.4 is 18.9 Å². The van der Waals surface area contributed by atoms with Gasteiger partial charge in [-0.2, -0.15) is 0 Å². The van der Waals surface area contributed by atoms with Crippen molar-refractivity contribution in [1.29, 1.82) is 0 Å². The highest BCUT2D eigenvalue weighted by Crippen LogP contribution is 2.33. The number of nitrogens with zero attached hydrogens (tertiary/aromatic N) is 3. The molecule has 0 atom stereocenters. The van der Waals surface area contributed by atoms with Crippen molar-refractivity contribution in [2.45, 2.75) is 39.4 Å². The summed E-state index contributed by atoms with van der Waals surface area (Å²) >= 11 is 0. The van der Waals surface area contributed by atoms with Crippen molar-refractivity contribution < 1.29 is 18.9 Å². The number of methoxy groups -OCH3 is 2. The number of imidazole rings is 1. The van der Waals surface area contributed by atoms with E-state index < -0.39 is 0 Å². The third kappa shape index (κ3) is 6.66. The third-order valence-electron chi connectivity index (χ3n) is 6.98. The first-order valence-electron chi connectivity index (χ1n) is 13.8. The zero-order chi connectivity index (χ0) is 27.7. The van der Waals surface area contributed by atoms with Crippen molar-refractivity contribution >= 4 is 6.08 Å². The number of unbranched alkanes of at least 4 members (excludes halogenated alkanes) is 1. The molecule has 0 spiro atoms. The maximum absolute atomic E-state index is 5.64. The summed E-state index contributed by atoms with van der Waals surface area (Å²) in [5.74, 6) is 4.16. The Labute approximate surface area is 236 Å². The van der Waals surface area contributed by atoms with Crippen molar-refractivity contribution in [2.24, 2.45) is 0 Å². The quantitative estimate of drug-likeness (QED) is 0.186. The van der Waals surface area contributed by atoms with Gasteiger partial charge >= 0.3 is 0 Å². The number of aromatic nitrogens is 2. The minimum absolute atomic E-state index is 0.272. The van der Waals surface area contributed by atoms with Crippen LogP contribution in [0.15, 0.2) is 79.0 Å². The number of benzene rings is 3. The molecule has 0 bridgehead atoms. The Morgan fingerprint density at radius 2 is 1.70 bits per heavy atom. The van der Waals surface area contributed by atoms with Crippen LogP contribution in [-0.2, 0) is 19.6 Å². The van der Waals surface area contributed by atoms with E-state index in [9.17, 15) is 0 Å². The number of hydrogen-bond donors (Lipinski definition) is 0. The summed E-state index contributed by atoms with van der Waals surface area (Å²) in [6.45, 7) is 5.68. The molecule has 4 aromatic rings. The fourth-order valence-electron chi connectivity index (χ4n) is 4.90. The van der Waals surface area contributed by atoms with Gasteiger partial charge in [-0.1, -0.05) is 61.9 Å². The van der Waals surface area contributed by atoms with Crippen LogP contribution in [0.4, 0.5) is 0 Å². The molecule has 7 heteroatoms. The topological polar surface area (TPSA) is 58.0 Å². The van der Waals surface area contributed by atoms with Crippen LogP contribution >= 0.6 is 0 Å². The standard InChI is InChI=1S/C33H37N3O4/c1-4-5-16-36-28(21-34-33(36)27-11-7-6-8-12-27)23-35(22-26-13-14-31-32(19-26)40-24-39-31)15-9-10-25-17-29(37-2)20-30(18-25)38-3/h6-14,17-21H,4-5,15-16,22-24H2,1-3H3/b10-9-. The highest BCUT2D eigenvalue weighted by molar-refractivity contribution is 5.56. The summed E-state index contributed by atoms with van der Waals surface area (Å²) in [6, 6.07) is 22.5. The fourth-order valence-corrected chi connectivity index (χ4v) is 4.90. The number of fused-ring (bicyclic) bond motifs is 1. The molecule has 208 valence electrons. The van der Waals surface area contributed by atoms with Crippen LogP contribution in [0, 0.1) is 0 Å². The van der Waals surface area contributed by atoms with Crippen LogP contribution in [0.3, 0.4) is 0 Å². The predicted molar refractivity (Wildman–Crippen MR) is 158 cm³/mol. The van der Waals surface area contributed by atoms with Crippen molar-refractivity contribution in [2.75, 3.05) is 27.6 Å². The SMILES string of the molecule is CCCCn1c(CN(C/C=C\c2cc(OC)cc(OC)c2)Cc2ccc3c(c2)OCO3)cnc1-c1ccccc1. The lowest BCUT2D eigenvalue weighted by Crippen LogP contribution is -2.24. The first-order chi connectivity index (χ1) is 19.7. The van der Waals surface area contributed by atoms with Gasteiger partial charge in [0, 0.05) is 37.8 Å². The molecule has 0 saturated carbocycles. The summed E-state index contributed by atoms with van der Waals surface area (Å²) in [6.07, 6.45) is 8.55. The maximum Gasteiger partial charge on any atom is 0.231 e. The van der Waals surface area contributed by atoms with Crippen LogP contribution in [0.5, 0.6) is 23.0 Å². The Morgan fingerprint density at radius 1 is 0.925 bits per heavy atom. The lowest BCUT2D eigenvalue weighted by Gasteiger charge is -2.22. The Morgan fingerprint density at radius 3 is 2.45 bits per heavy atom. The van der Waals surface area contributed by atoms with Crippen LogP contribution in [0.2, 0.25) is 0 Å². The highest BCUT2D eigenvalue weighted by atomic mass is 16.7. The van der Waals surface area contributed by atoms with E-state index >= 15 is 0 Å². The average Bonchev–Trinajstić information content (AvgIpc) is 3.62. The van der Waals surface area contributed by atoms with Gasteiger partial charge in [0.25, 0.3) is 0 Å². The Bertz CT molecular complexity index is 1410. The van der Waals surface area contributed by atoms with Crippen LogP contribution in [0.1, 0.15) is 36.6 Å². The molecule has 2 heterocycles. The number of hydrogen-bond acceptors (Lipinski definition) is 6. The van der Waals surface area contributed by atoms with E-state index in [1.807, 2.05) is 36.5 Å². The molecule has 40 heavy (non-hydrogen) atoms. The molecule has 0 saturated heterocycles. The molecule has 0 aliphatic carbocycles. The van der Waals surface area contributed by atoms with Crippen molar-refractivity contribution in [3.8, 4) is 34.4 Å². The maximum atomic E-state index is 5.64. The second-order valence-corrected chi connectivity index (χ2v) is 9.85. The first-order valence-corrected chi connectivity index (χ1v) is 13.8. The molecule has 0 unspecified atom stereocenters. The number of rotatable bonds is 13. The average molecular weight is 540 g/mol. The van der Waals surface area contributed by atoms with Gasteiger partial charge < -0.3 is 23.5 Å². The summed E-state index contributed by atoms with van der Waals surface area (Å²) < 4.78 is 24.4. The molecule has 0 fully saturated rings. The Kier molecular flexibility index (Phi) is 9.04. The summed E-state index contributed by atoms with van der Waals surface area (Å²) in [4.78, 5) is 7.28. The second kappa shape index (κ2) is 13.2. The minimum Gasteiger partial charge on any atom is -0.497 e. The van der Waals surface area contributed by atoms with Gasteiger partial charge in [-0.25, -0.2) is 4.98 Å². The second-order valence-electron chi connectivity index (χ2n) is 9.85. The Hall–Kier alpha value is -4.23. The van der Waals surface area contributed by atoms with Gasteiger partial charge in [0.15, 0.2) is 11.5 Å². The van der Waals surface area contributed by atoms with E-state index in [1.165, 1.54) is 11.3 Å². The molecule has 7 nitrogen and oxygen atoms in total. The molecular weight excluding hydrogens is 502 g/mol. The molecular formula is C33H37N3O4. The minimum atomic E-state index is 0.272.